The van der Waals surface area contributed by atoms with Crippen molar-refractivity contribution in [1.29, 1.82) is 0 Å². The molecular formula is C10H14N2O2. The maximum atomic E-state index is 10.5. The molecule has 0 aromatic heterocycles. The summed E-state index contributed by atoms with van der Waals surface area (Å²) in [6.07, 6.45) is 0.318. The van der Waals surface area contributed by atoms with Crippen LogP contribution in [0.2, 0.25) is 0 Å². The summed E-state index contributed by atoms with van der Waals surface area (Å²) in [5.74, 6) is 0.448. The molecule has 4 heteroatoms. The van der Waals surface area contributed by atoms with Crippen LogP contribution in [0.15, 0.2) is 24.3 Å². The molecule has 1 amide bonds. The zero-order chi connectivity index (χ0) is 10.4. The van der Waals surface area contributed by atoms with E-state index in [-0.39, 0.29) is 5.91 Å². The molecule has 1 aromatic rings. The number of anilines is 1. The van der Waals surface area contributed by atoms with Gasteiger partial charge in [-0.2, -0.15) is 0 Å². The van der Waals surface area contributed by atoms with Gasteiger partial charge in [-0.05, 0) is 12.1 Å². The first-order valence-corrected chi connectivity index (χ1v) is 4.39. The summed E-state index contributed by atoms with van der Waals surface area (Å²) in [4.78, 5) is 10.5. The molecule has 0 bridgehead atoms. The van der Waals surface area contributed by atoms with E-state index in [0.29, 0.717) is 13.0 Å². The smallest absolute Gasteiger partial charge is 0.219 e. The van der Waals surface area contributed by atoms with Crippen LogP contribution in [0, 0.1) is 0 Å². The van der Waals surface area contributed by atoms with Crippen LogP contribution in [0.4, 0.5) is 5.69 Å². The van der Waals surface area contributed by atoms with E-state index in [0.717, 1.165) is 11.4 Å². The highest BCUT2D eigenvalue weighted by atomic mass is 16.5. The van der Waals surface area contributed by atoms with Crippen molar-refractivity contribution in [2.75, 3.05) is 19.0 Å². The van der Waals surface area contributed by atoms with Gasteiger partial charge in [0.05, 0.1) is 12.8 Å². The molecule has 0 spiro atoms. The first-order valence-electron chi connectivity index (χ1n) is 4.39. The lowest BCUT2D eigenvalue weighted by Crippen LogP contribution is -2.16. The fraction of sp³-hybridized carbons (Fsp3) is 0.300. The van der Waals surface area contributed by atoms with Gasteiger partial charge in [-0.25, -0.2) is 0 Å². The van der Waals surface area contributed by atoms with Gasteiger partial charge >= 0.3 is 0 Å². The van der Waals surface area contributed by atoms with E-state index in [4.69, 9.17) is 10.5 Å². The molecule has 1 aromatic carbocycles. The Balaban J connectivity index is 2.53. The third-order valence-corrected chi connectivity index (χ3v) is 1.79. The molecule has 76 valence electrons. The molecule has 0 saturated heterocycles. The van der Waals surface area contributed by atoms with Crippen LogP contribution in [-0.2, 0) is 4.79 Å². The van der Waals surface area contributed by atoms with Gasteiger partial charge < -0.3 is 15.8 Å². The van der Waals surface area contributed by atoms with Crippen molar-refractivity contribution in [3.8, 4) is 5.75 Å². The van der Waals surface area contributed by atoms with E-state index >= 15 is 0 Å². The SMILES string of the molecule is COc1ccccc1NCCC(N)=O. The largest absolute Gasteiger partial charge is 0.495 e. The number of amides is 1. The first-order chi connectivity index (χ1) is 6.74. The lowest BCUT2D eigenvalue weighted by molar-refractivity contribution is -0.117. The van der Waals surface area contributed by atoms with Crippen molar-refractivity contribution in [3.05, 3.63) is 24.3 Å². The number of primary amides is 1. The Morgan fingerprint density at radius 2 is 2.21 bits per heavy atom. The van der Waals surface area contributed by atoms with Crippen molar-refractivity contribution >= 4 is 11.6 Å². The van der Waals surface area contributed by atoms with Crippen molar-refractivity contribution in [1.82, 2.24) is 0 Å². The number of rotatable bonds is 5. The van der Waals surface area contributed by atoms with Crippen LogP contribution in [0.5, 0.6) is 5.75 Å². The van der Waals surface area contributed by atoms with Crippen LogP contribution in [0.1, 0.15) is 6.42 Å². The number of carbonyl (C=O) groups is 1. The van der Waals surface area contributed by atoms with E-state index < -0.39 is 0 Å². The summed E-state index contributed by atoms with van der Waals surface area (Å²) in [6.45, 7) is 0.524. The average molecular weight is 194 g/mol. The van der Waals surface area contributed by atoms with Gasteiger partial charge in [0.25, 0.3) is 0 Å². The second-order valence-electron chi connectivity index (χ2n) is 2.84. The molecule has 0 unspecified atom stereocenters. The van der Waals surface area contributed by atoms with Gasteiger partial charge in [0.15, 0.2) is 0 Å². The minimum Gasteiger partial charge on any atom is -0.495 e. The molecule has 1 rings (SSSR count). The Morgan fingerprint density at radius 3 is 2.86 bits per heavy atom. The second kappa shape index (κ2) is 5.11. The quantitative estimate of drug-likeness (QED) is 0.734. The lowest BCUT2D eigenvalue weighted by Gasteiger charge is -2.09. The van der Waals surface area contributed by atoms with Crippen molar-refractivity contribution in [2.45, 2.75) is 6.42 Å². The topological polar surface area (TPSA) is 64.3 Å². The van der Waals surface area contributed by atoms with Gasteiger partial charge in [-0.15, -0.1) is 0 Å². The highest BCUT2D eigenvalue weighted by Crippen LogP contribution is 2.22. The van der Waals surface area contributed by atoms with Gasteiger partial charge in [0.1, 0.15) is 5.75 Å². The van der Waals surface area contributed by atoms with Crippen molar-refractivity contribution in [3.63, 3.8) is 0 Å². The molecule has 0 aliphatic carbocycles. The zero-order valence-electron chi connectivity index (χ0n) is 8.12. The highest BCUT2D eigenvalue weighted by Gasteiger charge is 2.00. The van der Waals surface area contributed by atoms with Gasteiger partial charge in [-0.1, -0.05) is 12.1 Å². The summed E-state index contributed by atoms with van der Waals surface area (Å²) in [7, 11) is 1.61. The number of carbonyl (C=O) groups excluding carboxylic acids is 1. The maximum Gasteiger partial charge on any atom is 0.219 e. The zero-order valence-corrected chi connectivity index (χ0v) is 8.12. The number of nitrogens with one attached hydrogen (secondary N) is 1. The number of ether oxygens (including phenoxy) is 1. The first kappa shape index (κ1) is 10.4. The number of hydrogen-bond donors (Lipinski definition) is 2. The summed E-state index contributed by atoms with van der Waals surface area (Å²) in [5, 5.41) is 3.07. The minimum absolute atomic E-state index is 0.313. The molecule has 3 N–H and O–H groups in total. The number of para-hydroxylation sites is 2. The highest BCUT2D eigenvalue weighted by molar-refractivity contribution is 5.74. The van der Waals surface area contributed by atoms with Gasteiger partial charge in [0, 0.05) is 13.0 Å². The Kier molecular flexibility index (Phi) is 3.79. The second-order valence-corrected chi connectivity index (χ2v) is 2.84. The van der Waals surface area contributed by atoms with E-state index in [9.17, 15) is 4.79 Å². The Bertz CT molecular complexity index is 313. The van der Waals surface area contributed by atoms with Crippen LogP contribution in [-0.4, -0.2) is 19.6 Å². The van der Waals surface area contributed by atoms with Gasteiger partial charge in [0.2, 0.25) is 5.91 Å². The van der Waals surface area contributed by atoms with Gasteiger partial charge in [-0.3, -0.25) is 4.79 Å². The number of nitrogens with two attached hydrogens (primary N) is 1. The summed E-state index contributed by atoms with van der Waals surface area (Å²) in [5.41, 5.74) is 5.89. The summed E-state index contributed by atoms with van der Waals surface area (Å²) < 4.78 is 5.12. The maximum absolute atomic E-state index is 10.5. The van der Waals surface area contributed by atoms with E-state index in [1.807, 2.05) is 24.3 Å². The molecule has 14 heavy (non-hydrogen) atoms. The molecule has 0 aliphatic rings. The molecule has 0 heterocycles. The van der Waals surface area contributed by atoms with E-state index in [2.05, 4.69) is 5.32 Å². The van der Waals surface area contributed by atoms with Crippen molar-refractivity contribution < 1.29 is 9.53 Å². The lowest BCUT2D eigenvalue weighted by atomic mass is 10.3. The summed E-state index contributed by atoms with van der Waals surface area (Å²) in [6, 6.07) is 7.53. The molecule has 0 atom stereocenters. The molecule has 0 fully saturated rings. The Hall–Kier alpha value is -1.71. The standard InChI is InChI=1S/C10H14N2O2/c1-14-9-5-3-2-4-8(9)12-7-6-10(11)13/h2-5,12H,6-7H2,1H3,(H2,11,13). The fourth-order valence-electron chi connectivity index (χ4n) is 1.11. The van der Waals surface area contributed by atoms with E-state index in [1.165, 1.54) is 0 Å². The predicted octanol–water partition coefficient (Wildman–Crippen LogP) is 0.982. The monoisotopic (exact) mass is 194 g/mol. The van der Waals surface area contributed by atoms with Crippen LogP contribution in [0.25, 0.3) is 0 Å². The third-order valence-electron chi connectivity index (χ3n) is 1.79. The van der Waals surface area contributed by atoms with E-state index in [1.54, 1.807) is 7.11 Å². The molecule has 0 aliphatic heterocycles. The fourth-order valence-corrected chi connectivity index (χ4v) is 1.11. The molecular weight excluding hydrogens is 180 g/mol. The van der Waals surface area contributed by atoms with Crippen molar-refractivity contribution in [2.24, 2.45) is 5.73 Å². The third kappa shape index (κ3) is 2.97. The number of hydrogen-bond acceptors (Lipinski definition) is 3. The van der Waals surface area contributed by atoms with Crippen LogP contribution < -0.4 is 15.8 Å². The minimum atomic E-state index is -0.313. The van der Waals surface area contributed by atoms with Crippen LogP contribution >= 0.6 is 0 Å². The Morgan fingerprint density at radius 1 is 1.50 bits per heavy atom. The molecule has 0 saturated carbocycles. The van der Waals surface area contributed by atoms with Crippen LogP contribution in [0.3, 0.4) is 0 Å². The molecule has 0 radical (unpaired) electrons. The number of methoxy groups -OCH3 is 1. The average Bonchev–Trinajstić information content (AvgIpc) is 2.18. The molecule has 4 nitrogen and oxygen atoms in total. The predicted molar refractivity (Wildman–Crippen MR) is 55.3 cm³/mol. The normalized spacial score (nSPS) is 9.50. The summed E-state index contributed by atoms with van der Waals surface area (Å²) >= 11 is 0. The Labute approximate surface area is 83.1 Å². The number of benzene rings is 1.